The van der Waals surface area contributed by atoms with Crippen molar-refractivity contribution in [3.8, 4) is 11.5 Å². The summed E-state index contributed by atoms with van der Waals surface area (Å²) in [6, 6.07) is 4.02. The molecule has 2 heterocycles. The van der Waals surface area contributed by atoms with E-state index in [1.807, 2.05) is 6.07 Å². The van der Waals surface area contributed by atoms with Crippen LogP contribution in [0.1, 0.15) is 33.3 Å². The molecule has 0 unspecified atom stereocenters. The number of nitrogens with one attached hydrogen (secondary N) is 1. The number of anilines is 1. The highest BCUT2D eigenvalue weighted by atomic mass is 32.1. The van der Waals surface area contributed by atoms with Gasteiger partial charge in [0.25, 0.3) is 0 Å². The summed E-state index contributed by atoms with van der Waals surface area (Å²) >= 11 is 1.38. The van der Waals surface area contributed by atoms with Gasteiger partial charge in [0, 0.05) is 23.3 Å². The van der Waals surface area contributed by atoms with Crippen LogP contribution in [0.4, 0.5) is 5.13 Å². The van der Waals surface area contributed by atoms with Crippen molar-refractivity contribution < 1.29 is 0 Å². The van der Waals surface area contributed by atoms with Crippen LogP contribution in [0, 0.1) is 0 Å². The fourth-order valence-electron chi connectivity index (χ4n) is 1.62. The predicted octanol–water partition coefficient (Wildman–Crippen LogP) is 3.37. The van der Waals surface area contributed by atoms with E-state index in [1.165, 1.54) is 17.1 Å². The van der Waals surface area contributed by atoms with Gasteiger partial charge in [-0.2, -0.15) is 9.36 Å². The molecule has 4 nitrogen and oxygen atoms in total. The van der Waals surface area contributed by atoms with E-state index in [2.05, 4.69) is 53.4 Å². The summed E-state index contributed by atoms with van der Waals surface area (Å²) in [5.41, 5.74) is 2.06. The molecular weight excluding hydrogens is 244 g/mol. The Hall–Kier alpha value is -1.49. The zero-order valence-corrected chi connectivity index (χ0v) is 12.0. The number of hydrogen-bond donors (Lipinski definition) is 1. The minimum absolute atomic E-state index is 0.00545. The number of pyridine rings is 1. The van der Waals surface area contributed by atoms with Crippen molar-refractivity contribution in [2.24, 2.45) is 0 Å². The van der Waals surface area contributed by atoms with E-state index in [-0.39, 0.29) is 5.54 Å². The Balaban J connectivity index is 2.29. The maximum Gasteiger partial charge on any atom is 0.203 e. The Morgan fingerprint density at radius 3 is 2.78 bits per heavy atom. The van der Waals surface area contributed by atoms with Crippen molar-refractivity contribution in [2.75, 3.05) is 5.32 Å². The fourth-order valence-corrected chi connectivity index (χ4v) is 2.40. The minimum Gasteiger partial charge on any atom is -0.356 e. The van der Waals surface area contributed by atoms with Gasteiger partial charge in [0.2, 0.25) is 5.13 Å². The normalized spacial score (nSPS) is 11.6. The van der Waals surface area contributed by atoms with E-state index in [1.54, 1.807) is 6.20 Å². The van der Waals surface area contributed by atoms with Crippen LogP contribution >= 0.6 is 11.5 Å². The topological polar surface area (TPSA) is 50.7 Å². The maximum atomic E-state index is 4.51. The van der Waals surface area contributed by atoms with Crippen LogP contribution in [-0.2, 0) is 6.42 Å². The van der Waals surface area contributed by atoms with E-state index >= 15 is 0 Å². The number of aromatic nitrogens is 3. The lowest BCUT2D eigenvalue weighted by molar-refractivity contribution is 0.633. The third kappa shape index (κ3) is 3.04. The molecule has 0 saturated heterocycles. The molecule has 0 aliphatic rings. The third-order valence-electron chi connectivity index (χ3n) is 2.39. The Kier molecular flexibility index (Phi) is 3.61. The second kappa shape index (κ2) is 5.02. The van der Waals surface area contributed by atoms with Crippen LogP contribution in [0.15, 0.2) is 18.3 Å². The molecule has 0 atom stereocenters. The molecular formula is C13H18N4S. The van der Waals surface area contributed by atoms with Crippen LogP contribution < -0.4 is 5.32 Å². The molecule has 2 rings (SSSR count). The van der Waals surface area contributed by atoms with Gasteiger partial charge in [-0.05, 0) is 38.8 Å². The Labute approximate surface area is 112 Å². The molecule has 0 spiro atoms. The smallest absolute Gasteiger partial charge is 0.203 e. The number of hydrogen-bond acceptors (Lipinski definition) is 5. The SMILES string of the molecule is CCc1cccnc1-c1nsc(NC(C)(C)C)n1. The lowest BCUT2D eigenvalue weighted by Gasteiger charge is -2.18. The first-order valence-electron chi connectivity index (χ1n) is 6.06. The standard InChI is InChI=1S/C13H18N4S/c1-5-9-7-6-8-14-10(9)11-15-12(18-17-11)16-13(2,3)4/h6-8H,5H2,1-4H3,(H,15,16,17). The highest BCUT2D eigenvalue weighted by molar-refractivity contribution is 7.09. The minimum atomic E-state index is -0.00545. The molecule has 0 amide bonds. The van der Waals surface area contributed by atoms with Gasteiger partial charge < -0.3 is 5.32 Å². The van der Waals surface area contributed by atoms with E-state index in [4.69, 9.17) is 0 Å². The lowest BCUT2D eigenvalue weighted by Crippen LogP contribution is -2.25. The van der Waals surface area contributed by atoms with Gasteiger partial charge in [0.1, 0.15) is 5.69 Å². The number of nitrogens with zero attached hydrogens (tertiary/aromatic N) is 3. The van der Waals surface area contributed by atoms with Gasteiger partial charge >= 0.3 is 0 Å². The molecule has 1 N–H and O–H groups in total. The van der Waals surface area contributed by atoms with Gasteiger partial charge in [-0.3, -0.25) is 4.98 Å². The van der Waals surface area contributed by atoms with E-state index in [0.29, 0.717) is 5.82 Å². The van der Waals surface area contributed by atoms with E-state index in [9.17, 15) is 0 Å². The first kappa shape index (κ1) is 13.0. The fraction of sp³-hybridized carbons (Fsp3) is 0.462. The van der Waals surface area contributed by atoms with Crippen molar-refractivity contribution in [1.29, 1.82) is 0 Å². The van der Waals surface area contributed by atoms with Crippen LogP contribution in [0.25, 0.3) is 11.5 Å². The Bertz CT molecular complexity index is 528. The van der Waals surface area contributed by atoms with Crippen molar-refractivity contribution >= 4 is 16.7 Å². The summed E-state index contributed by atoms with van der Waals surface area (Å²) < 4.78 is 4.38. The van der Waals surface area contributed by atoms with Gasteiger partial charge in [0.15, 0.2) is 5.82 Å². The molecule has 0 aliphatic heterocycles. The molecule has 96 valence electrons. The zero-order valence-electron chi connectivity index (χ0n) is 11.2. The zero-order chi connectivity index (χ0) is 13.2. The molecule has 2 aromatic rings. The van der Waals surface area contributed by atoms with Crippen molar-refractivity contribution in [1.82, 2.24) is 14.3 Å². The highest BCUT2D eigenvalue weighted by Gasteiger charge is 2.15. The number of aryl methyl sites for hydroxylation is 1. The largest absolute Gasteiger partial charge is 0.356 e. The van der Waals surface area contributed by atoms with Gasteiger partial charge in [-0.25, -0.2) is 0 Å². The second-order valence-corrected chi connectivity index (χ2v) is 5.91. The maximum absolute atomic E-state index is 4.51. The second-order valence-electron chi connectivity index (χ2n) is 5.16. The summed E-state index contributed by atoms with van der Waals surface area (Å²) in [4.78, 5) is 8.89. The van der Waals surface area contributed by atoms with Crippen LogP contribution in [0.5, 0.6) is 0 Å². The van der Waals surface area contributed by atoms with Gasteiger partial charge in [0.05, 0.1) is 0 Å². The first-order valence-corrected chi connectivity index (χ1v) is 6.83. The summed E-state index contributed by atoms with van der Waals surface area (Å²) in [7, 11) is 0. The molecule has 0 fully saturated rings. The van der Waals surface area contributed by atoms with E-state index < -0.39 is 0 Å². The molecule has 5 heteroatoms. The summed E-state index contributed by atoms with van der Waals surface area (Å²) in [6.45, 7) is 8.42. The Morgan fingerprint density at radius 1 is 1.33 bits per heavy atom. The first-order chi connectivity index (χ1) is 8.49. The molecule has 0 radical (unpaired) electrons. The highest BCUT2D eigenvalue weighted by Crippen LogP contribution is 2.24. The summed E-state index contributed by atoms with van der Waals surface area (Å²) in [5, 5.41) is 4.16. The third-order valence-corrected chi connectivity index (χ3v) is 3.02. The average Bonchev–Trinajstić information content (AvgIpc) is 2.75. The van der Waals surface area contributed by atoms with Crippen LogP contribution in [0.3, 0.4) is 0 Å². The molecule has 0 aromatic carbocycles. The van der Waals surface area contributed by atoms with Crippen LogP contribution in [0.2, 0.25) is 0 Å². The molecule has 0 bridgehead atoms. The average molecular weight is 262 g/mol. The quantitative estimate of drug-likeness (QED) is 0.921. The summed E-state index contributed by atoms with van der Waals surface area (Å²) in [5.74, 6) is 0.712. The monoisotopic (exact) mass is 262 g/mol. The van der Waals surface area contributed by atoms with Crippen molar-refractivity contribution in [3.05, 3.63) is 23.9 Å². The number of rotatable bonds is 3. The van der Waals surface area contributed by atoms with Crippen LogP contribution in [-0.4, -0.2) is 19.9 Å². The van der Waals surface area contributed by atoms with Gasteiger partial charge in [-0.1, -0.05) is 13.0 Å². The molecule has 0 aliphatic carbocycles. The van der Waals surface area contributed by atoms with Crippen molar-refractivity contribution in [2.45, 2.75) is 39.7 Å². The summed E-state index contributed by atoms with van der Waals surface area (Å²) in [6.07, 6.45) is 2.72. The Morgan fingerprint density at radius 2 is 2.11 bits per heavy atom. The molecule has 2 aromatic heterocycles. The lowest BCUT2D eigenvalue weighted by atomic mass is 10.1. The molecule has 18 heavy (non-hydrogen) atoms. The van der Waals surface area contributed by atoms with E-state index in [0.717, 1.165) is 17.2 Å². The molecule has 0 saturated carbocycles. The van der Waals surface area contributed by atoms with Gasteiger partial charge in [-0.15, -0.1) is 0 Å². The predicted molar refractivity (Wildman–Crippen MR) is 75.9 cm³/mol. The van der Waals surface area contributed by atoms with Crippen molar-refractivity contribution in [3.63, 3.8) is 0 Å².